The Hall–Kier alpha value is -1.71. The molecule has 9 heteroatoms. The first kappa shape index (κ1) is 14.7. The molecule has 0 aliphatic rings. The van der Waals surface area contributed by atoms with Gasteiger partial charge in [-0.1, -0.05) is 11.3 Å². The van der Waals surface area contributed by atoms with Crippen LogP contribution in [0.2, 0.25) is 0 Å². The van der Waals surface area contributed by atoms with E-state index in [-0.39, 0.29) is 27.6 Å². The molecule has 0 saturated carbocycles. The molecule has 20 heavy (non-hydrogen) atoms. The number of aromatic amines is 1. The molecule has 0 atom stereocenters. The second kappa shape index (κ2) is 5.35. The molecule has 0 aliphatic carbocycles. The molecule has 0 spiro atoms. The Bertz CT molecular complexity index is 772. The fourth-order valence-corrected chi connectivity index (χ4v) is 3.28. The summed E-state index contributed by atoms with van der Waals surface area (Å²) in [4.78, 5) is 13.0. The largest absolute Gasteiger partial charge is 0.396 e. The average molecular weight is 317 g/mol. The van der Waals surface area contributed by atoms with Crippen molar-refractivity contribution in [3.63, 3.8) is 0 Å². The SMILES string of the molecule is Cc1cc(S(=O)(=O)NCc2csc(=O)[nH]2)cc(N)c1F. The van der Waals surface area contributed by atoms with E-state index < -0.39 is 15.8 Å². The maximum atomic E-state index is 13.4. The van der Waals surface area contributed by atoms with E-state index in [4.69, 9.17) is 5.73 Å². The summed E-state index contributed by atoms with van der Waals surface area (Å²) >= 11 is 0.942. The quantitative estimate of drug-likeness (QED) is 0.730. The Kier molecular flexibility index (Phi) is 3.93. The molecular formula is C11H12FN3O3S2. The molecule has 1 heterocycles. The molecule has 0 fully saturated rings. The third-order valence-corrected chi connectivity index (χ3v) is 4.69. The van der Waals surface area contributed by atoms with Crippen molar-refractivity contribution in [2.75, 3.05) is 5.73 Å². The molecular weight excluding hydrogens is 305 g/mol. The summed E-state index contributed by atoms with van der Waals surface area (Å²) in [6, 6.07) is 2.26. The number of thiazole rings is 1. The molecule has 2 rings (SSSR count). The number of sulfonamides is 1. The van der Waals surface area contributed by atoms with Crippen LogP contribution in [0.15, 0.2) is 27.2 Å². The number of nitrogens with two attached hydrogens (primary N) is 1. The maximum Gasteiger partial charge on any atom is 0.304 e. The predicted octanol–water partition coefficient (Wildman–Crippen LogP) is 0.945. The number of hydrogen-bond acceptors (Lipinski definition) is 5. The standard InChI is InChI=1S/C11H12FN3O3S2/c1-6-2-8(3-9(13)10(6)12)20(17,18)14-4-7-5-19-11(16)15-7/h2-3,5,14H,4,13H2,1H3,(H,15,16). The molecule has 0 unspecified atom stereocenters. The van der Waals surface area contributed by atoms with E-state index in [2.05, 4.69) is 9.71 Å². The van der Waals surface area contributed by atoms with Gasteiger partial charge in [0.1, 0.15) is 5.82 Å². The van der Waals surface area contributed by atoms with Crippen LogP contribution in [0.4, 0.5) is 10.1 Å². The van der Waals surface area contributed by atoms with Crippen LogP contribution in [0, 0.1) is 12.7 Å². The van der Waals surface area contributed by atoms with Crippen LogP contribution < -0.4 is 15.3 Å². The zero-order valence-corrected chi connectivity index (χ0v) is 12.1. The third-order valence-electron chi connectivity index (χ3n) is 2.59. The van der Waals surface area contributed by atoms with Crippen LogP contribution >= 0.6 is 11.3 Å². The number of nitrogen functional groups attached to an aromatic ring is 1. The molecule has 0 amide bonds. The highest BCUT2D eigenvalue weighted by Crippen LogP contribution is 2.20. The highest BCUT2D eigenvalue weighted by molar-refractivity contribution is 7.89. The smallest absolute Gasteiger partial charge is 0.304 e. The van der Waals surface area contributed by atoms with E-state index in [1.165, 1.54) is 18.4 Å². The molecule has 4 N–H and O–H groups in total. The van der Waals surface area contributed by atoms with Crippen LogP contribution in [-0.4, -0.2) is 13.4 Å². The summed E-state index contributed by atoms with van der Waals surface area (Å²) in [6.07, 6.45) is 0. The van der Waals surface area contributed by atoms with Crippen molar-refractivity contribution in [3.05, 3.63) is 44.3 Å². The number of benzene rings is 1. The van der Waals surface area contributed by atoms with Gasteiger partial charge in [0, 0.05) is 11.1 Å². The molecule has 6 nitrogen and oxygen atoms in total. The van der Waals surface area contributed by atoms with E-state index in [1.54, 1.807) is 0 Å². The highest BCUT2D eigenvalue weighted by Gasteiger charge is 2.17. The minimum absolute atomic E-state index is 0.0581. The zero-order chi connectivity index (χ0) is 14.9. The molecule has 2 aromatic rings. The molecule has 0 radical (unpaired) electrons. The minimum atomic E-state index is -3.83. The lowest BCUT2D eigenvalue weighted by Crippen LogP contribution is -2.24. The summed E-state index contributed by atoms with van der Waals surface area (Å²) < 4.78 is 39.8. The van der Waals surface area contributed by atoms with Gasteiger partial charge in [-0.3, -0.25) is 4.79 Å². The predicted molar refractivity (Wildman–Crippen MR) is 74.5 cm³/mol. The molecule has 108 valence electrons. The van der Waals surface area contributed by atoms with Gasteiger partial charge in [0.15, 0.2) is 0 Å². The highest BCUT2D eigenvalue weighted by atomic mass is 32.2. The van der Waals surface area contributed by atoms with Gasteiger partial charge in [-0.15, -0.1) is 0 Å². The summed E-state index contributed by atoms with van der Waals surface area (Å²) in [5, 5.41) is 1.52. The molecule has 1 aromatic heterocycles. The summed E-state index contributed by atoms with van der Waals surface area (Å²) in [5.41, 5.74) is 5.79. The van der Waals surface area contributed by atoms with Gasteiger partial charge in [0.25, 0.3) is 0 Å². The summed E-state index contributed by atoms with van der Waals surface area (Å²) in [5.74, 6) is -0.633. The number of H-pyrrole nitrogens is 1. The monoisotopic (exact) mass is 317 g/mol. The Labute approximate surface area is 118 Å². The number of hydrogen-bond donors (Lipinski definition) is 3. The van der Waals surface area contributed by atoms with E-state index >= 15 is 0 Å². The number of aryl methyl sites for hydroxylation is 1. The van der Waals surface area contributed by atoms with E-state index in [0.717, 1.165) is 17.4 Å². The number of halogens is 1. The Morgan fingerprint density at radius 3 is 2.70 bits per heavy atom. The lowest BCUT2D eigenvalue weighted by atomic mass is 10.2. The normalized spacial score (nSPS) is 11.7. The minimum Gasteiger partial charge on any atom is -0.396 e. The second-order valence-electron chi connectivity index (χ2n) is 4.14. The van der Waals surface area contributed by atoms with Crippen LogP contribution in [0.1, 0.15) is 11.3 Å². The Morgan fingerprint density at radius 2 is 2.15 bits per heavy atom. The summed E-state index contributed by atoms with van der Waals surface area (Å²) in [6.45, 7) is 1.37. The van der Waals surface area contributed by atoms with Gasteiger partial charge < -0.3 is 10.7 Å². The fraction of sp³-hybridized carbons (Fsp3) is 0.182. The van der Waals surface area contributed by atoms with E-state index in [1.807, 2.05) is 0 Å². The number of anilines is 1. The average Bonchev–Trinajstić information content (AvgIpc) is 2.79. The fourth-order valence-electron chi connectivity index (χ4n) is 1.57. The first-order chi connectivity index (χ1) is 9.29. The van der Waals surface area contributed by atoms with Crippen molar-refractivity contribution in [1.82, 2.24) is 9.71 Å². The number of aromatic nitrogens is 1. The van der Waals surface area contributed by atoms with Crippen molar-refractivity contribution in [2.24, 2.45) is 0 Å². The lowest BCUT2D eigenvalue weighted by molar-refractivity contribution is 0.579. The van der Waals surface area contributed by atoms with Crippen molar-refractivity contribution < 1.29 is 12.8 Å². The molecule has 0 aliphatic heterocycles. The lowest BCUT2D eigenvalue weighted by Gasteiger charge is -2.08. The van der Waals surface area contributed by atoms with Gasteiger partial charge in [-0.05, 0) is 24.6 Å². The first-order valence-corrected chi connectivity index (χ1v) is 7.88. The van der Waals surface area contributed by atoms with Crippen LogP contribution in [-0.2, 0) is 16.6 Å². The third kappa shape index (κ3) is 3.06. The molecule has 0 saturated heterocycles. The van der Waals surface area contributed by atoms with E-state index in [0.29, 0.717) is 5.69 Å². The van der Waals surface area contributed by atoms with Crippen molar-refractivity contribution >= 4 is 27.0 Å². The first-order valence-electron chi connectivity index (χ1n) is 5.51. The second-order valence-corrected chi connectivity index (χ2v) is 6.75. The topological polar surface area (TPSA) is 105 Å². The van der Waals surface area contributed by atoms with Gasteiger partial charge in [0.05, 0.1) is 17.1 Å². The molecule has 1 aromatic carbocycles. The van der Waals surface area contributed by atoms with Crippen LogP contribution in [0.25, 0.3) is 0 Å². The Morgan fingerprint density at radius 1 is 1.45 bits per heavy atom. The maximum absolute atomic E-state index is 13.4. The van der Waals surface area contributed by atoms with Gasteiger partial charge >= 0.3 is 4.87 Å². The van der Waals surface area contributed by atoms with Crippen LogP contribution in [0.3, 0.4) is 0 Å². The van der Waals surface area contributed by atoms with Crippen LogP contribution in [0.5, 0.6) is 0 Å². The molecule has 0 bridgehead atoms. The van der Waals surface area contributed by atoms with Gasteiger partial charge in [-0.2, -0.15) is 0 Å². The number of nitrogens with one attached hydrogen (secondary N) is 2. The zero-order valence-electron chi connectivity index (χ0n) is 10.4. The van der Waals surface area contributed by atoms with Gasteiger partial charge in [0.2, 0.25) is 10.0 Å². The van der Waals surface area contributed by atoms with Crippen molar-refractivity contribution in [3.8, 4) is 0 Å². The van der Waals surface area contributed by atoms with Crippen molar-refractivity contribution in [2.45, 2.75) is 18.4 Å². The summed E-state index contributed by atoms with van der Waals surface area (Å²) in [7, 11) is -3.83. The van der Waals surface area contributed by atoms with E-state index in [9.17, 15) is 17.6 Å². The Balaban J connectivity index is 2.24. The number of rotatable bonds is 4. The van der Waals surface area contributed by atoms with Crippen molar-refractivity contribution in [1.29, 1.82) is 0 Å². The van der Waals surface area contributed by atoms with Gasteiger partial charge in [-0.25, -0.2) is 17.5 Å².